The van der Waals surface area contributed by atoms with E-state index in [2.05, 4.69) is 4.98 Å². The van der Waals surface area contributed by atoms with E-state index in [0.717, 1.165) is 0 Å². The van der Waals surface area contributed by atoms with Gasteiger partial charge >= 0.3 is 0 Å². The maximum atomic E-state index is 12.6. The fourth-order valence-electron chi connectivity index (χ4n) is 2.89. The van der Waals surface area contributed by atoms with Crippen LogP contribution in [0, 0.1) is 5.92 Å². The van der Waals surface area contributed by atoms with Gasteiger partial charge in [-0.1, -0.05) is 11.6 Å². The van der Waals surface area contributed by atoms with Crippen molar-refractivity contribution in [2.45, 2.75) is 12.8 Å². The number of pyridine rings is 1. The molecule has 1 aromatic heterocycles. The summed E-state index contributed by atoms with van der Waals surface area (Å²) in [7, 11) is 0. The number of rotatable bonds is 2. The lowest BCUT2D eigenvalue weighted by molar-refractivity contribution is -0.123. The summed E-state index contributed by atoms with van der Waals surface area (Å²) in [4.78, 5) is 40.8. The predicted octanol–water partition coefficient (Wildman–Crippen LogP) is 1.52. The number of nitrogens with one attached hydrogen (secondary N) is 1. The number of carbonyl (C=O) groups is 2. The zero-order valence-corrected chi connectivity index (χ0v) is 13.1. The van der Waals surface area contributed by atoms with Crippen LogP contribution in [-0.4, -0.2) is 34.8 Å². The minimum absolute atomic E-state index is 0.0948. The summed E-state index contributed by atoms with van der Waals surface area (Å²) >= 11 is 5.90. The molecule has 120 valence electrons. The Morgan fingerprint density at radius 3 is 2.61 bits per heavy atom. The molecular formula is C16H16ClN3O3. The molecule has 0 bridgehead atoms. The van der Waals surface area contributed by atoms with Gasteiger partial charge in [-0.25, -0.2) is 0 Å². The Bertz CT molecular complexity index is 838. The van der Waals surface area contributed by atoms with Crippen LogP contribution in [0.2, 0.25) is 5.02 Å². The zero-order valence-electron chi connectivity index (χ0n) is 12.3. The van der Waals surface area contributed by atoms with Crippen LogP contribution in [0.4, 0.5) is 0 Å². The molecule has 1 aliphatic rings. The predicted molar refractivity (Wildman–Crippen MR) is 87.4 cm³/mol. The molecule has 1 saturated heterocycles. The fourth-order valence-corrected chi connectivity index (χ4v) is 3.06. The number of hydrogen-bond acceptors (Lipinski definition) is 3. The number of nitrogens with two attached hydrogens (primary N) is 1. The van der Waals surface area contributed by atoms with E-state index in [-0.39, 0.29) is 28.7 Å². The van der Waals surface area contributed by atoms with Gasteiger partial charge in [-0.15, -0.1) is 0 Å². The maximum absolute atomic E-state index is 12.6. The molecule has 3 rings (SSSR count). The van der Waals surface area contributed by atoms with Gasteiger partial charge < -0.3 is 15.6 Å². The number of primary amides is 1. The molecule has 23 heavy (non-hydrogen) atoms. The fraction of sp³-hybridized carbons (Fsp3) is 0.312. The van der Waals surface area contributed by atoms with Crippen LogP contribution >= 0.6 is 11.6 Å². The van der Waals surface area contributed by atoms with E-state index in [1.165, 1.54) is 6.20 Å². The zero-order chi connectivity index (χ0) is 16.6. The Balaban J connectivity index is 1.87. The van der Waals surface area contributed by atoms with Gasteiger partial charge in [0, 0.05) is 35.6 Å². The first kappa shape index (κ1) is 15.6. The van der Waals surface area contributed by atoms with Crippen molar-refractivity contribution in [3.05, 3.63) is 45.2 Å². The third kappa shape index (κ3) is 2.94. The summed E-state index contributed by atoms with van der Waals surface area (Å²) in [5, 5.41) is 0.938. The highest BCUT2D eigenvalue weighted by molar-refractivity contribution is 6.31. The number of aromatic nitrogens is 1. The van der Waals surface area contributed by atoms with Crippen LogP contribution in [-0.2, 0) is 4.79 Å². The highest BCUT2D eigenvalue weighted by atomic mass is 35.5. The van der Waals surface area contributed by atoms with Crippen LogP contribution in [0.3, 0.4) is 0 Å². The molecule has 2 aromatic rings. The molecule has 0 radical (unpaired) electrons. The minimum Gasteiger partial charge on any atom is -0.369 e. The molecule has 3 N–H and O–H groups in total. The highest BCUT2D eigenvalue weighted by Gasteiger charge is 2.27. The summed E-state index contributed by atoms with van der Waals surface area (Å²) in [5.74, 6) is -0.861. The Morgan fingerprint density at radius 2 is 1.96 bits per heavy atom. The number of halogens is 1. The molecule has 0 atom stereocenters. The van der Waals surface area contributed by atoms with Crippen molar-refractivity contribution in [2.75, 3.05) is 13.1 Å². The molecule has 2 heterocycles. The molecule has 0 spiro atoms. The first-order valence-electron chi connectivity index (χ1n) is 7.37. The second-order valence-corrected chi connectivity index (χ2v) is 6.13. The topological polar surface area (TPSA) is 96.3 Å². The van der Waals surface area contributed by atoms with Crippen LogP contribution in [0.15, 0.2) is 29.2 Å². The lowest BCUT2D eigenvalue weighted by Crippen LogP contribution is -2.43. The maximum Gasteiger partial charge on any atom is 0.259 e. The molecule has 1 aliphatic heterocycles. The second kappa shape index (κ2) is 6.04. The molecule has 2 amide bonds. The van der Waals surface area contributed by atoms with E-state index in [4.69, 9.17) is 17.3 Å². The number of piperidine rings is 1. The van der Waals surface area contributed by atoms with Crippen LogP contribution in [0.1, 0.15) is 23.2 Å². The number of fused-ring (bicyclic) bond motifs is 1. The third-order valence-electron chi connectivity index (χ3n) is 4.26. The van der Waals surface area contributed by atoms with Crippen molar-refractivity contribution in [1.82, 2.24) is 9.88 Å². The van der Waals surface area contributed by atoms with E-state index >= 15 is 0 Å². The molecule has 7 heteroatoms. The number of aromatic amines is 1. The van der Waals surface area contributed by atoms with Crippen LogP contribution < -0.4 is 11.2 Å². The lowest BCUT2D eigenvalue weighted by atomic mass is 9.96. The average molecular weight is 334 g/mol. The van der Waals surface area contributed by atoms with Gasteiger partial charge in [-0.2, -0.15) is 0 Å². The van der Waals surface area contributed by atoms with Gasteiger partial charge in [-0.3, -0.25) is 14.4 Å². The minimum atomic E-state index is -0.336. The lowest BCUT2D eigenvalue weighted by Gasteiger charge is -2.30. The van der Waals surface area contributed by atoms with Crippen LogP contribution in [0.25, 0.3) is 10.9 Å². The average Bonchev–Trinajstić information content (AvgIpc) is 2.54. The molecule has 0 saturated carbocycles. The van der Waals surface area contributed by atoms with Gasteiger partial charge in [0.15, 0.2) is 0 Å². The van der Waals surface area contributed by atoms with Gasteiger partial charge in [0.2, 0.25) is 11.3 Å². The van der Waals surface area contributed by atoms with Crippen molar-refractivity contribution < 1.29 is 9.59 Å². The van der Waals surface area contributed by atoms with Crippen LogP contribution in [0.5, 0.6) is 0 Å². The summed E-state index contributed by atoms with van der Waals surface area (Å²) in [6, 6.07) is 4.86. The molecule has 1 fully saturated rings. The Kier molecular flexibility index (Phi) is 4.09. The largest absolute Gasteiger partial charge is 0.369 e. The van der Waals surface area contributed by atoms with Gasteiger partial charge in [0.1, 0.15) is 5.56 Å². The normalized spacial score (nSPS) is 15.8. The molecule has 0 aliphatic carbocycles. The second-order valence-electron chi connectivity index (χ2n) is 5.69. The van der Waals surface area contributed by atoms with E-state index in [1.54, 1.807) is 23.1 Å². The van der Waals surface area contributed by atoms with Crippen molar-refractivity contribution in [2.24, 2.45) is 11.7 Å². The quantitative estimate of drug-likeness (QED) is 0.872. The summed E-state index contributed by atoms with van der Waals surface area (Å²) in [6.07, 6.45) is 2.48. The smallest absolute Gasteiger partial charge is 0.259 e. The highest BCUT2D eigenvalue weighted by Crippen LogP contribution is 2.19. The molecule has 6 nitrogen and oxygen atoms in total. The SMILES string of the molecule is NC(=O)C1CCN(C(=O)c2c[nH]c3cc(Cl)ccc3c2=O)CC1. The number of carbonyl (C=O) groups excluding carboxylic acids is 2. The molecule has 0 unspecified atom stereocenters. The number of H-pyrrole nitrogens is 1. The molecular weight excluding hydrogens is 318 g/mol. The van der Waals surface area contributed by atoms with Crippen molar-refractivity contribution in [1.29, 1.82) is 0 Å². The van der Waals surface area contributed by atoms with Crippen molar-refractivity contribution in [3.63, 3.8) is 0 Å². The summed E-state index contributed by atoms with van der Waals surface area (Å²) < 4.78 is 0. The van der Waals surface area contributed by atoms with E-state index < -0.39 is 0 Å². The van der Waals surface area contributed by atoms with Gasteiger partial charge in [0.05, 0.1) is 5.52 Å². The van der Waals surface area contributed by atoms with Crippen molar-refractivity contribution >= 4 is 34.3 Å². The van der Waals surface area contributed by atoms with E-state index in [1.807, 2.05) is 0 Å². The first-order valence-corrected chi connectivity index (χ1v) is 7.74. The Morgan fingerprint density at radius 1 is 1.26 bits per heavy atom. The number of likely N-dealkylation sites (tertiary alicyclic amines) is 1. The number of hydrogen-bond donors (Lipinski definition) is 2. The van der Waals surface area contributed by atoms with Gasteiger partial charge in [-0.05, 0) is 31.0 Å². The van der Waals surface area contributed by atoms with Crippen molar-refractivity contribution in [3.8, 4) is 0 Å². The standard InChI is InChI=1S/C16H16ClN3O3/c17-10-1-2-11-13(7-10)19-8-12(14(11)21)16(23)20-5-3-9(4-6-20)15(18)22/h1-2,7-9H,3-6H2,(H2,18,22)(H,19,21). The summed E-state index contributed by atoms with van der Waals surface area (Å²) in [5.41, 5.74) is 5.65. The van der Waals surface area contributed by atoms with E-state index in [9.17, 15) is 14.4 Å². The first-order chi connectivity index (χ1) is 11.0. The monoisotopic (exact) mass is 333 g/mol. The Labute approximate surface area is 137 Å². The third-order valence-corrected chi connectivity index (χ3v) is 4.49. The number of benzene rings is 1. The van der Waals surface area contributed by atoms with E-state index in [0.29, 0.717) is 41.9 Å². The molecule has 1 aromatic carbocycles. The summed E-state index contributed by atoms with van der Waals surface area (Å²) in [6.45, 7) is 0.842. The number of nitrogens with zero attached hydrogens (tertiary/aromatic N) is 1. The Hall–Kier alpha value is -2.34. The van der Waals surface area contributed by atoms with Gasteiger partial charge in [0.25, 0.3) is 5.91 Å². The number of amides is 2.